The Kier molecular flexibility index (Phi) is 3.14. The number of fused-ring (bicyclic) bond motifs is 1. The largest absolute Gasteiger partial charge is 0.358 e. The zero-order valence-corrected chi connectivity index (χ0v) is 9.97. The number of imidazole rings is 1. The molecule has 2 rings (SSSR count). The lowest BCUT2D eigenvalue weighted by atomic mass is 10.3. The predicted molar refractivity (Wildman–Crippen MR) is 65.5 cm³/mol. The molecule has 2 aromatic rings. The first-order valence-corrected chi connectivity index (χ1v) is 5.91. The quantitative estimate of drug-likeness (QED) is 0.797. The molecule has 16 heavy (non-hydrogen) atoms. The predicted octanol–water partition coefficient (Wildman–Crippen LogP) is 1.79. The van der Waals surface area contributed by atoms with E-state index in [9.17, 15) is 4.79 Å². The lowest BCUT2D eigenvalue weighted by Gasteiger charge is -2.06. The van der Waals surface area contributed by atoms with Crippen LogP contribution in [-0.4, -0.2) is 28.2 Å². The maximum absolute atomic E-state index is 11.4. The summed E-state index contributed by atoms with van der Waals surface area (Å²) in [6.45, 7) is 1.86. The fraction of sp³-hybridized carbons (Fsp3) is 0.273. The molecular weight excluding hydrogens is 222 g/mol. The second-order valence-corrected chi connectivity index (χ2v) is 4.76. The SMILES string of the molecule is CNC(=O)[C@H](C)Sc1nc2ccccc2[nH]1. The molecule has 0 aliphatic carbocycles. The van der Waals surface area contributed by atoms with E-state index in [0.717, 1.165) is 16.2 Å². The van der Waals surface area contributed by atoms with Gasteiger partial charge >= 0.3 is 0 Å². The number of H-pyrrole nitrogens is 1. The Bertz CT molecular complexity index is 476. The van der Waals surface area contributed by atoms with E-state index in [-0.39, 0.29) is 11.2 Å². The van der Waals surface area contributed by atoms with Crippen molar-refractivity contribution in [2.24, 2.45) is 0 Å². The van der Waals surface area contributed by atoms with Crippen LogP contribution in [0.4, 0.5) is 0 Å². The van der Waals surface area contributed by atoms with Crippen LogP contribution in [0.3, 0.4) is 0 Å². The number of nitrogens with zero attached hydrogens (tertiary/aromatic N) is 1. The summed E-state index contributed by atoms with van der Waals surface area (Å²) in [6, 6.07) is 7.81. The fourth-order valence-electron chi connectivity index (χ4n) is 1.41. The van der Waals surface area contributed by atoms with E-state index in [4.69, 9.17) is 0 Å². The van der Waals surface area contributed by atoms with Crippen LogP contribution in [-0.2, 0) is 4.79 Å². The molecule has 0 bridgehead atoms. The number of hydrogen-bond donors (Lipinski definition) is 2. The molecule has 0 unspecified atom stereocenters. The molecule has 0 aliphatic rings. The van der Waals surface area contributed by atoms with Gasteiger partial charge in [0.05, 0.1) is 16.3 Å². The Morgan fingerprint density at radius 3 is 2.94 bits per heavy atom. The van der Waals surface area contributed by atoms with Crippen LogP contribution in [0.25, 0.3) is 11.0 Å². The van der Waals surface area contributed by atoms with Crippen molar-refractivity contribution in [2.75, 3.05) is 7.05 Å². The summed E-state index contributed by atoms with van der Waals surface area (Å²) in [5.41, 5.74) is 1.92. The molecule has 1 aromatic heterocycles. The zero-order valence-electron chi connectivity index (χ0n) is 9.15. The molecule has 0 radical (unpaired) electrons. The topological polar surface area (TPSA) is 57.8 Å². The van der Waals surface area contributed by atoms with E-state index in [1.807, 2.05) is 31.2 Å². The molecule has 1 amide bonds. The average molecular weight is 235 g/mol. The van der Waals surface area contributed by atoms with Crippen LogP contribution in [0.1, 0.15) is 6.92 Å². The van der Waals surface area contributed by atoms with Gasteiger partial charge in [-0.1, -0.05) is 23.9 Å². The van der Waals surface area contributed by atoms with Gasteiger partial charge in [0.2, 0.25) is 5.91 Å². The highest BCUT2D eigenvalue weighted by atomic mass is 32.2. The first-order chi connectivity index (χ1) is 7.70. The second-order valence-electron chi connectivity index (χ2n) is 3.43. The van der Waals surface area contributed by atoms with Crippen LogP contribution in [0.2, 0.25) is 0 Å². The fourth-order valence-corrected chi connectivity index (χ4v) is 2.29. The minimum absolute atomic E-state index is 0.00505. The van der Waals surface area contributed by atoms with Crippen molar-refractivity contribution in [1.29, 1.82) is 0 Å². The number of carbonyl (C=O) groups excluding carboxylic acids is 1. The number of aromatic nitrogens is 2. The number of thioether (sulfide) groups is 1. The Balaban J connectivity index is 2.18. The van der Waals surface area contributed by atoms with Gasteiger partial charge < -0.3 is 10.3 Å². The Morgan fingerprint density at radius 2 is 2.25 bits per heavy atom. The van der Waals surface area contributed by atoms with Crippen LogP contribution >= 0.6 is 11.8 Å². The zero-order chi connectivity index (χ0) is 11.5. The van der Waals surface area contributed by atoms with Gasteiger partial charge in [-0.2, -0.15) is 0 Å². The summed E-state index contributed by atoms with van der Waals surface area (Å²) in [4.78, 5) is 18.9. The third-order valence-corrected chi connectivity index (χ3v) is 3.26. The highest BCUT2D eigenvalue weighted by Crippen LogP contribution is 2.23. The van der Waals surface area contributed by atoms with E-state index in [1.54, 1.807) is 7.05 Å². The summed E-state index contributed by atoms with van der Waals surface area (Å²) >= 11 is 1.42. The van der Waals surface area contributed by atoms with Crippen molar-refractivity contribution in [1.82, 2.24) is 15.3 Å². The average Bonchev–Trinajstić information content (AvgIpc) is 2.69. The van der Waals surface area contributed by atoms with E-state index in [0.29, 0.717) is 0 Å². The number of rotatable bonds is 3. The van der Waals surface area contributed by atoms with Gasteiger partial charge in [-0.05, 0) is 19.1 Å². The number of para-hydroxylation sites is 2. The molecule has 5 heteroatoms. The molecule has 0 spiro atoms. The van der Waals surface area contributed by atoms with Gasteiger partial charge in [0.1, 0.15) is 0 Å². The molecular formula is C11H13N3OS. The first-order valence-electron chi connectivity index (χ1n) is 5.03. The van der Waals surface area contributed by atoms with Crippen molar-refractivity contribution in [2.45, 2.75) is 17.3 Å². The van der Waals surface area contributed by atoms with Crippen molar-refractivity contribution >= 4 is 28.7 Å². The van der Waals surface area contributed by atoms with Gasteiger partial charge in [0.15, 0.2) is 5.16 Å². The van der Waals surface area contributed by atoms with Gasteiger partial charge in [0.25, 0.3) is 0 Å². The Morgan fingerprint density at radius 1 is 1.50 bits per heavy atom. The van der Waals surface area contributed by atoms with Crippen molar-refractivity contribution < 1.29 is 4.79 Å². The molecule has 0 saturated heterocycles. The molecule has 1 atom stereocenters. The highest BCUT2D eigenvalue weighted by Gasteiger charge is 2.14. The smallest absolute Gasteiger partial charge is 0.233 e. The molecule has 0 saturated carbocycles. The summed E-state index contributed by atoms with van der Waals surface area (Å²) < 4.78 is 0. The number of amides is 1. The Hall–Kier alpha value is -1.49. The van der Waals surface area contributed by atoms with Crippen molar-refractivity contribution in [3.8, 4) is 0 Å². The maximum Gasteiger partial charge on any atom is 0.233 e. The standard InChI is InChI=1S/C11H13N3OS/c1-7(10(15)12-2)16-11-13-8-5-3-4-6-9(8)14-11/h3-7H,1-2H3,(H,12,15)(H,13,14)/t7-/m0/s1. The number of hydrogen-bond acceptors (Lipinski definition) is 3. The lowest BCUT2D eigenvalue weighted by Crippen LogP contribution is -2.27. The highest BCUT2D eigenvalue weighted by molar-refractivity contribution is 8.00. The van der Waals surface area contributed by atoms with Gasteiger partial charge in [-0.15, -0.1) is 0 Å². The van der Waals surface area contributed by atoms with Crippen molar-refractivity contribution in [3.05, 3.63) is 24.3 Å². The van der Waals surface area contributed by atoms with Crippen LogP contribution < -0.4 is 5.32 Å². The first kappa shape index (κ1) is 11.0. The monoisotopic (exact) mass is 235 g/mol. The van der Waals surface area contributed by atoms with Gasteiger partial charge in [-0.25, -0.2) is 4.98 Å². The lowest BCUT2D eigenvalue weighted by molar-refractivity contribution is -0.119. The molecule has 84 valence electrons. The van der Waals surface area contributed by atoms with Crippen molar-refractivity contribution in [3.63, 3.8) is 0 Å². The molecule has 4 nitrogen and oxygen atoms in total. The summed E-state index contributed by atoms with van der Waals surface area (Å²) in [7, 11) is 1.64. The normalized spacial score (nSPS) is 12.6. The minimum Gasteiger partial charge on any atom is -0.358 e. The third kappa shape index (κ3) is 2.19. The molecule has 2 N–H and O–H groups in total. The Labute approximate surface area is 97.8 Å². The molecule has 0 aliphatic heterocycles. The summed E-state index contributed by atoms with van der Waals surface area (Å²) in [6.07, 6.45) is 0. The van der Waals surface area contributed by atoms with Crippen LogP contribution in [0, 0.1) is 0 Å². The van der Waals surface area contributed by atoms with E-state index in [2.05, 4.69) is 15.3 Å². The van der Waals surface area contributed by atoms with Crippen LogP contribution in [0.15, 0.2) is 29.4 Å². The molecule has 0 fully saturated rings. The summed E-state index contributed by atoms with van der Waals surface area (Å²) in [5.74, 6) is 0.00505. The van der Waals surface area contributed by atoms with Gasteiger partial charge in [0, 0.05) is 7.05 Å². The minimum atomic E-state index is -0.148. The van der Waals surface area contributed by atoms with E-state index in [1.165, 1.54) is 11.8 Å². The number of nitrogens with one attached hydrogen (secondary N) is 2. The number of aromatic amines is 1. The van der Waals surface area contributed by atoms with E-state index >= 15 is 0 Å². The molecule has 1 heterocycles. The summed E-state index contributed by atoms with van der Waals surface area (Å²) in [5, 5.41) is 3.24. The number of carbonyl (C=O) groups is 1. The maximum atomic E-state index is 11.4. The second kappa shape index (κ2) is 4.57. The number of benzene rings is 1. The van der Waals surface area contributed by atoms with Gasteiger partial charge in [-0.3, -0.25) is 4.79 Å². The third-order valence-electron chi connectivity index (χ3n) is 2.27. The van der Waals surface area contributed by atoms with Crippen LogP contribution in [0.5, 0.6) is 0 Å². The molecule has 1 aromatic carbocycles. The van der Waals surface area contributed by atoms with E-state index < -0.39 is 0 Å².